The van der Waals surface area contributed by atoms with Gasteiger partial charge in [-0.2, -0.15) is 0 Å². The average Bonchev–Trinajstić information content (AvgIpc) is 2.88. The molecule has 3 rings (SSSR count). The SMILES string of the molecule is CCc1nc(Nc2ccc(C(=O)O)cc2)c2cc(C)sc2n1. The number of fused-ring (bicyclic) bond motifs is 1. The van der Waals surface area contributed by atoms with Crippen LogP contribution in [0.2, 0.25) is 0 Å². The van der Waals surface area contributed by atoms with E-state index in [-0.39, 0.29) is 5.56 Å². The van der Waals surface area contributed by atoms with Crippen LogP contribution in [0.3, 0.4) is 0 Å². The van der Waals surface area contributed by atoms with Gasteiger partial charge in [0.25, 0.3) is 0 Å². The van der Waals surface area contributed by atoms with E-state index in [0.29, 0.717) is 0 Å². The Labute approximate surface area is 131 Å². The molecule has 2 heterocycles. The van der Waals surface area contributed by atoms with Crippen molar-refractivity contribution in [1.29, 1.82) is 0 Å². The summed E-state index contributed by atoms with van der Waals surface area (Å²) < 4.78 is 0. The van der Waals surface area contributed by atoms with Gasteiger partial charge in [-0.15, -0.1) is 11.3 Å². The minimum atomic E-state index is -0.933. The molecule has 112 valence electrons. The van der Waals surface area contributed by atoms with Crippen LogP contribution in [0.1, 0.15) is 28.0 Å². The van der Waals surface area contributed by atoms with Gasteiger partial charge in [-0.3, -0.25) is 0 Å². The van der Waals surface area contributed by atoms with Crippen LogP contribution >= 0.6 is 11.3 Å². The molecule has 0 saturated carbocycles. The number of carboxylic acids is 1. The molecule has 22 heavy (non-hydrogen) atoms. The Kier molecular flexibility index (Phi) is 3.77. The molecule has 3 aromatic rings. The number of benzene rings is 1. The minimum Gasteiger partial charge on any atom is -0.478 e. The Morgan fingerprint density at radius 2 is 2.00 bits per heavy atom. The molecule has 0 aliphatic carbocycles. The van der Waals surface area contributed by atoms with Gasteiger partial charge in [-0.05, 0) is 37.3 Å². The van der Waals surface area contributed by atoms with Gasteiger partial charge in [-0.1, -0.05) is 6.92 Å². The van der Waals surface area contributed by atoms with Gasteiger partial charge < -0.3 is 10.4 Å². The van der Waals surface area contributed by atoms with Gasteiger partial charge in [0, 0.05) is 17.0 Å². The van der Waals surface area contributed by atoms with E-state index in [0.717, 1.165) is 34.0 Å². The number of aromatic nitrogens is 2. The van der Waals surface area contributed by atoms with Gasteiger partial charge in [-0.25, -0.2) is 14.8 Å². The number of carboxylic acid groups (broad SMARTS) is 1. The monoisotopic (exact) mass is 313 g/mol. The van der Waals surface area contributed by atoms with Crippen LogP contribution in [0.4, 0.5) is 11.5 Å². The van der Waals surface area contributed by atoms with Crippen molar-refractivity contribution in [3.8, 4) is 0 Å². The maximum atomic E-state index is 10.9. The number of aromatic carboxylic acids is 1. The molecule has 0 bridgehead atoms. The smallest absolute Gasteiger partial charge is 0.335 e. The molecule has 0 aliphatic heterocycles. The highest BCUT2D eigenvalue weighted by molar-refractivity contribution is 7.18. The number of nitrogens with one attached hydrogen (secondary N) is 1. The Morgan fingerprint density at radius 1 is 1.27 bits per heavy atom. The third kappa shape index (κ3) is 2.78. The third-order valence-electron chi connectivity index (χ3n) is 3.27. The molecule has 2 aromatic heterocycles. The molecule has 0 fully saturated rings. The van der Waals surface area contributed by atoms with Crippen molar-refractivity contribution >= 4 is 39.0 Å². The molecule has 0 atom stereocenters. The van der Waals surface area contributed by atoms with E-state index in [2.05, 4.69) is 21.4 Å². The first-order valence-corrected chi connectivity index (χ1v) is 7.76. The van der Waals surface area contributed by atoms with Gasteiger partial charge >= 0.3 is 5.97 Å². The molecule has 2 N–H and O–H groups in total. The fourth-order valence-corrected chi connectivity index (χ4v) is 3.07. The zero-order valence-electron chi connectivity index (χ0n) is 12.3. The number of nitrogens with zero attached hydrogens (tertiary/aromatic N) is 2. The lowest BCUT2D eigenvalue weighted by atomic mass is 10.2. The first kappa shape index (κ1) is 14.5. The average molecular weight is 313 g/mol. The summed E-state index contributed by atoms with van der Waals surface area (Å²) in [6, 6.07) is 8.68. The summed E-state index contributed by atoms with van der Waals surface area (Å²) in [6.07, 6.45) is 0.763. The highest BCUT2D eigenvalue weighted by Crippen LogP contribution is 2.30. The molecule has 0 spiro atoms. The van der Waals surface area contributed by atoms with Crippen LogP contribution in [0.25, 0.3) is 10.2 Å². The zero-order chi connectivity index (χ0) is 15.7. The van der Waals surface area contributed by atoms with Crippen LogP contribution in [-0.4, -0.2) is 21.0 Å². The summed E-state index contributed by atoms with van der Waals surface area (Å²) in [7, 11) is 0. The predicted octanol–water partition coefficient (Wildman–Crippen LogP) is 4.00. The number of thiophene rings is 1. The van der Waals surface area contributed by atoms with Gasteiger partial charge in [0.05, 0.1) is 10.9 Å². The fraction of sp³-hybridized carbons (Fsp3) is 0.188. The largest absolute Gasteiger partial charge is 0.478 e. The minimum absolute atomic E-state index is 0.263. The Balaban J connectivity index is 2.00. The molecule has 0 radical (unpaired) electrons. The first-order valence-electron chi connectivity index (χ1n) is 6.94. The molecule has 1 aromatic carbocycles. The second kappa shape index (κ2) is 5.73. The van der Waals surface area contributed by atoms with Crippen LogP contribution < -0.4 is 5.32 Å². The van der Waals surface area contributed by atoms with E-state index in [1.54, 1.807) is 35.6 Å². The van der Waals surface area contributed by atoms with Gasteiger partial charge in [0.15, 0.2) is 0 Å². The third-order valence-corrected chi connectivity index (χ3v) is 4.22. The van der Waals surface area contributed by atoms with Crippen LogP contribution in [0.5, 0.6) is 0 Å². The molecule has 0 saturated heterocycles. The standard InChI is InChI=1S/C16H15N3O2S/c1-3-13-18-14(12-8-9(2)22-15(12)19-13)17-11-6-4-10(5-7-11)16(20)21/h4-8H,3H2,1-2H3,(H,20,21)(H,17,18,19). The lowest BCUT2D eigenvalue weighted by molar-refractivity contribution is 0.0697. The van der Waals surface area contributed by atoms with E-state index >= 15 is 0 Å². The highest BCUT2D eigenvalue weighted by Gasteiger charge is 2.10. The topological polar surface area (TPSA) is 75.1 Å². The van der Waals surface area contributed by atoms with Gasteiger partial charge in [0.2, 0.25) is 0 Å². The number of aryl methyl sites for hydroxylation is 2. The number of anilines is 2. The van der Waals surface area contributed by atoms with E-state index < -0.39 is 5.97 Å². The Morgan fingerprint density at radius 3 is 2.64 bits per heavy atom. The molecular formula is C16H15N3O2S. The fourth-order valence-electron chi connectivity index (χ4n) is 2.17. The van der Waals surface area contributed by atoms with E-state index in [9.17, 15) is 4.79 Å². The lowest BCUT2D eigenvalue weighted by Gasteiger charge is -2.08. The highest BCUT2D eigenvalue weighted by atomic mass is 32.1. The molecule has 0 amide bonds. The summed E-state index contributed by atoms with van der Waals surface area (Å²) >= 11 is 1.64. The second-order valence-corrected chi connectivity index (χ2v) is 6.16. The number of carbonyl (C=O) groups is 1. The summed E-state index contributed by atoms with van der Waals surface area (Å²) in [5.74, 6) is 0.617. The van der Waals surface area contributed by atoms with Crippen LogP contribution in [0.15, 0.2) is 30.3 Å². The van der Waals surface area contributed by atoms with Crippen molar-refractivity contribution in [3.05, 3.63) is 46.6 Å². The summed E-state index contributed by atoms with van der Waals surface area (Å²) in [5, 5.41) is 13.2. The number of hydrogen-bond donors (Lipinski definition) is 2. The molecule has 0 unspecified atom stereocenters. The summed E-state index contributed by atoms with van der Waals surface area (Å²) in [4.78, 5) is 22.1. The number of hydrogen-bond acceptors (Lipinski definition) is 5. The first-order chi connectivity index (χ1) is 10.6. The zero-order valence-corrected chi connectivity index (χ0v) is 13.1. The normalized spacial score (nSPS) is 10.8. The molecule has 6 heteroatoms. The maximum Gasteiger partial charge on any atom is 0.335 e. The van der Waals surface area contributed by atoms with Gasteiger partial charge in [0.1, 0.15) is 16.5 Å². The van der Waals surface area contributed by atoms with Crippen molar-refractivity contribution in [2.45, 2.75) is 20.3 Å². The maximum absolute atomic E-state index is 10.9. The van der Waals surface area contributed by atoms with Crippen molar-refractivity contribution < 1.29 is 9.90 Å². The second-order valence-electron chi connectivity index (χ2n) is 4.93. The van der Waals surface area contributed by atoms with Crippen molar-refractivity contribution in [2.75, 3.05) is 5.32 Å². The Hall–Kier alpha value is -2.47. The van der Waals surface area contributed by atoms with E-state index in [1.807, 2.05) is 13.8 Å². The van der Waals surface area contributed by atoms with E-state index in [4.69, 9.17) is 5.11 Å². The van der Waals surface area contributed by atoms with Crippen molar-refractivity contribution in [3.63, 3.8) is 0 Å². The van der Waals surface area contributed by atoms with Crippen LogP contribution in [-0.2, 0) is 6.42 Å². The van der Waals surface area contributed by atoms with Crippen molar-refractivity contribution in [2.24, 2.45) is 0 Å². The van der Waals surface area contributed by atoms with E-state index in [1.165, 1.54) is 4.88 Å². The predicted molar refractivity (Wildman–Crippen MR) is 88.2 cm³/mol. The lowest BCUT2D eigenvalue weighted by Crippen LogP contribution is -2.00. The molecule has 0 aliphatic rings. The van der Waals surface area contributed by atoms with Crippen molar-refractivity contribution in [1.82, 2.24) is 9.97 Å². The molecule has 5 nitrogen and oxygen atoms in total. The van der Waals surface area contributed by atoms with Crippen LogP contribution in [0, 0.1) is 6.92 Å². The quantitative estimate of drug-likeness (QED) is 0.761. The summed E-state index contributed by atoms with van der Waals surface area (Å²) in [6.45, 7) is 4.07. The number of rotatable bonds is 4. The Bertz CT molecular complexity index is 840. The summed E-state index contributed by atoms with van der Waals surface area (Å²) in [5.41, 5.74) is 1.06. The molecular weight excluding hydrogens is 298 g/mol.